The van der Waals surface area contributed by atoms with Gasteiger partial charge in [-0.25, -0.2) is 0 Å². The summed E-state index contributed by atoms with van der Waals surface area (Å²) in [5.41, 5.74) is 2.92. The number of nitrogens with one attached hydrogen (secondary N) is 1. The number of hydrogen-bond acceptors (Lipinski definition) is 2. The second-order valence-corrected chi connectivity index (χ2v) is 6.34. The van der Waals surface area contributed by atoms with Crippen LogP contribution in [0.5, 0.6) is 5.75 Å². The molecule has 1 aromatic carbocycles. The van der Waals surface area contributed by atoms with Crippen molar-refractivity contribution in [1.82, 2.24) is 5.32 Å². The third-order valence-electron chi connectivity index (χ3n) is 5.03. The maximum Gasteiger partial charge on any atom is 0.122 e. The number of aryl methyl sites for hydroxylation is 1. The standard InChI is InChI=1S/C18H27NO/c1-2-19-13-17-5-3-4-15(17)8-6-14-7-9-18-16(12-14)10-11-20-18/h7,9,12,15,17,19H,2-6,8,10-11,13H2,1H3. The molecule has 3 rings (SSSR count). The molecule has 1 aliphatic carbocycles. The monoisotopic (exact) mass is 273 g/mol. The predicted octanol–water partition coefficient (Wildman–Crippen LogP) is 3.58. The van der Waals surface area contributed by atoms with Crippen molar-refractivity contribution in [3.8, 4) is 5.75 Å². The minimum absolute atomic E-state index is 0.867. The first-order valence-corrected chi connectivity index (χ1v) is 8.32. The van der Waals surface area contributed by atoms with E-state index in [0.717, 1.165) is 37.2 Å². The highest BCUT2D eigenvalue weighted by atomic mass is 16.5. The quantitative estimate of drug-likeness (QED) is 0.855. The van der Waals surface area contributed by atoms with Gasteiger partial charge in [-0.3, -0.25) is 0 Å². The Balaban J connectivity index is 1.53. The average molecular weight is 273 g/mol. The van der Waals surface area contributed by atoms with Gasteiger partial charge in [0.1, 0.15) is 5.75 Å². The van der Waals surface area contributed by atoms with E-state index in [1.807, 2.05) is 0 Å². The molecule has 2 atom stereocenters. The average Bonchev–Trinajstić information content (AvgIpc) is 3.11. The summed E-state index contributed by atoms with van der Waals surface area (Å²) in [6, 6.07) is 6.80. The van der Waals surface area contributed by atoms with Crippen molar-refractivity contribution in [2.75, 3.05) is 19.7 Å². The highest BCUT2D eigenvalue weighted by molar-refractivity contribution is 5.39. The Hall–Kier alpha value is -1.02. The van der Waals surface area contributed by atoms with E-state index in [0.29, 0.717) is 0 Å². The van der Waals surface area contributed by atoms with Crippen LogP contribution in [0.25, 0.3) is 0 Å². The Kier molecular flexibility index (Phi) is 4.62. The highest BCUT2D eigenvalue weighted by Gasteiger charge is 2.26. The molecule has 2 nitrogen and oxygen atoms in total. The summed E-state index contributed by atoms with van der Waals surface area (Å²) in [6.07, 6.45) is 7.98. The van der Waals surface area contributed by atoms with E-state index < -0.39 is 0 Å². The molecule has 1 aromatic rings. The van der Waals surface area contributed by atoms with Crippen molar-refractivity contribution in [1.29, 1.82) is 0 Å². The zero-order valence-electron chi connectivity index (χ0n) is 12.7. The van der Waals surface area contributed by atoms with Crippen molar-refractivity contribution in [3.63, 3.8) is 0 Å². The van der Waals surface area contributed by atoms with Crippen LogP contribution in [0.2, 0.25) is 0 Å². The predicted molar refractivity (Wildman–Crippen MR) is 83.3 cm³/mol. The number of hydrogen-bond donors (Lipinski definition) is 1. The molecule has 2 aliphatic rings. The molecular weight excluding hydrogens is 246 g/mol. The van der Waals surface area contributed by atoms with E-state index in [9.17, 15) is 0 Å². The van der Waals surface area contributed by atoms with Crippen LogP contribution < -0.4 is 10.1 Å². The zero-order chi connectivity index (χ0) is 13.8. The molecule has 0 spiro atoms. The maximum absolute atomic E-state index is 5.58. The largest absolute Gasteiger partial charge is 0.493 e. The van der Waals surface area contributed by atoms with E-state index in [-0.39, 0.29) is 0 Å². The van der Waals surface area contributed by atoms with Crippen LogP contribution in [-0.4, -0.2) is 19.7 Å². The van der Waals surface area contributed by atoms with E-state index in [4.69, 9.17) is 4.74 Å². The first kappa shape index (κ1) is 13.9. The van der Waals surface area contributed by atoms with Crippen molar-refractivity contribution < 1.29 is 4.74 Å². The first-order valence-electron chi connectivity index (χ1n) is 8.32. The fourth-order valence-corrected chi connectivity index (χ4v) is 3.84. The van der Waals surface area contributed by atoms with Crippen molar-refractivity contribution in [3.05, 3.63) is 29.3 Å². The smallest absolute Gasteiger partial charge is 0.122 e. The van der Waals surface area contributed by atoms with Crippen LogP contribution in [0.4, 0.5) is 0 Å². The van der Waals surface area contributed by atoms with Crippen LogP contribution in [-0.2, 0) is 12.8 Å². The van der Waals surface area contributed by atoms with Crippen LogP contribution in [0.15, 0.2) is 18.2 Å². The summed E-state index contributed by atoms with van der Waals surface area (Å²) < 4.78 is 5.58. The van der Waals surface area contributed by atoms with E-state index in [1.165, 1.54) is 49.8 Å². The lowest BCUT2D eigenvalue weighted by molar-refractivity contribution is 0.350. The third-order valence-corrected chi connectivity index (χ3v) is 5.03. The fourth-order valence-electron chi connectivity index (χ4n) is 3.84. The number of benzene rings is 1. The molecule has 1 fully saturated rings. The molecule has 2 unspecified atom stereocenters. The van der Waals surface area contributed by atoms with Gasteiger partial charge < -0.3 is 10.1 Å². The van der Waals surface area contributed by atoms with Gasteiger partial charge in [-0.15, -0.1) is 0 Å². The molecular formula is C18H27NO. The summed E-state index contributed by atoms with van der Waals surface area (Å²) >= 11 is 0. The second kappa shape index (κ2) is 6.62. The van der Waals surface area contributed by atoms with E-state index in [2.05, 4.69) is 30.4 Å². The van der Waals surface area contributed by atoms with E-state index >= 15 is 0 Å². The molecule has 1 aliphatic heterocycles. The Labute approximate surface area is 122 Å². The topological polar surface area (TPSA) is 21.3 Å². The SMILES string of the molecule is CCNCC1CCCC1CCc1ccc2c(c1)CCO2. The Morgan fingerprint density at radius 1 is 1.25 bits per heavy atom. The van der Waals surface area contributed by atoms with Crippen molar-refractivity contribution in [2.24, 2.45) is 11.8 Å². The maximum atomic E-state index is 5.58. The Morgan fingerprint density at radius 3 is 3.05 bits per heavy atom. The van der Waals surface area contributed by atoms with Crippen molar-refractivity contribution >= 4 is 0 Å². The van der Waals surface area contributed by atoms with Crippen LogP contribution in [0, 0.1) is 11.8 Å². The Bertz CT molecular complexity index is 443. The molecule has 0 amide bonds. The van der Waals surface area contributed by atoms with Gasteiger partial charge in [-0.05, 0) is 61.4 Å². The molecule has 0 radical (unpaired) electrons. The summed E-state index contributed by atoms with van der Waals surface area (Å²) in [5, 5.41) is 3.54. The highest BCUT2D eigenvalue weighted by Crippen LogP contribution is 2.35. The number of fused-ring (bicyclic) bond motifs is 1. The van der Waals surface area contributed by atoms with Gasteiger partial charge in [0.05, 0.1) is 6.61 Å². The minimum atomic E-state index is 0.867. The molecule has 20 heavy (non-hydrogen) atoms. The molecule has 1 N–H and O–H groups in total. The van der Waals surface area contributed by atoms with Gasteiger partial charge in [-0.1, -0.05) is 31.9 Å². The van der Waals surface area contributed by atoms with Gasteiger partial charge in [-0.2, -0.15) is 0 Å². The molecule has 1 heterocycles. The number of ether oxygens (including phenoxy) is 1. The molecule has 110 valence electrons. The third kappa shape index (κ3) is 3.17. The van der Waals surface area contributed by atoms with Gasteiger partial charge in [0.2, 0.25) is 0 Å². The first-order chi connectivity index (χ1) is 9.86. The van der Waals surface area contributed by atoms with Crippen LogP contribution >= 0.6 is 0 Å². The van der Waals surface area contributed by atoms with Crippen LogP contribution in [0.3, 0.4) is 0 Å². The van der Waals surface area contributed by atoms with Crippen LogP contribution in [0.1, 0.15) is 43.7 Å². The van der Waals surface area contributed by atoms with Gasteiger partial charge in [0.25, 0.3) is 0 Å². The zero-order valence-corrected chi connectivity index (χ0v) is 12.7. The molecule has 0 saturated heterocycles. The molecule has 2 heteroatoms. The lowest BCUT2D eigenvalue weighted by Gasteiger charge is -2.20. The number of rotatable bonds is 6. The van der Waals surface area contributed by atoms with E-state index in [1.54, 1.807) is 0 Å². The van der Waals surface area contributed by atoms with Gasteiger partial charge >= 0.3 is 0 Å². The Morgan fingerprint density at radius 2 is 2.15 bits per heavy atom. The minimum Gasteiger partial charge on any atom is -0.493 e. The van der Waals surface area contributed by atoms with Crippen molar-refractivity contribution in [2.45, 2.75) is 45.4 Å². The summed E-state index contributed by atoms with van der Waals surface area (Å²) in [5.74, 6) is 2.95. The lowest BCUT2D eigenvalue weighted by Crippen LogP contribution is -2.25. The lowest BCUT2D eigenvalue weighted by atomic mass is 9.89. The summed E-state index contributed by atoms with van der Waals surface area (Å²) in [4.78, 5) is 0. The summed E-state index contributed by atoms with van der Waals surface area (Å²) in [7, 11) is 0. The summed E-state index contributed by atoms with van der Waals surface area (Å²) in [6.45, 7) is 5.40. The van der Waals surface area contributed by atoms with Gasteiger partial charge in [0, 0.05) is 6.42 Å². The molecule has 1 saturated carbocycles. The second-order valence-electron chi connectivity index (χ2n) is 6.34. The van der Waals surface area contributed by atoms with Gasteiger partial charge in [0.15, 0.2) is 0 Å². The molecule has 0 bridgehead atoms. The molecule has 0 aromatic heterocycles. The normalized spacial score (nSPS) is 24.6. The fraction of sp³-hybridized carbons (Fsp3) is 0.667.